The quantitative estimate of drug-likeness (QED) is 0.620. The second-order valence-corrected chi connectivity index (χ2v) is 4.04. The number of rotatable bonds is 4. The van der Waals surface area contributed by atoms with Crippen LogP contribution in [0, 0.1) is 12.3 Å². The minimum Gasteiger partial charge on any atom is -0.461 e. The maximum atomic E-state index is 12.7. The average molecular weight is 270 g/mol. The molecular formula is C14H13F3O2. The third-order valence-electron chi connectivity index (χ3n) is 2.40. The van der Waals surface area contributed by atoms with Crippen molar-refractivity contribution in [2.75, 3.05) is 0 Å². The molecule has 1 aromatic rings. The molecule has 0 aliphatic heterocycles. The van der Waals surface area contributed by atoms with Gasteiger partial charge in [-0.3, -0.25) is 4.79 Å². The zero-order chi connectivity index (χ0) is 14.5. The van der Waals surface area contributed by atoms with E-state index in [1.807, 2.05) is 0 Å². The number of halogens is 3. The third kappa shape index (κ3) is 4.66. The SMILES string of the molecule is C#CC[C@H](C)OC(=O)Cc1ccccc1C(F)(F)F. The summed E-state index contributed by atoms with van der Waals surface area (Å²) < 4.78 is 43.0. The smallest absolute Gasteiger partial charge is 0.416 e. The van der Waals surface area contributed by atoms with Crippen LogP contribution < -0.4 is 0 Å². The van der Waals surface area contributed by atoms with Crippen LogP contribution in [0.3, 0.4) is 0 Å². The van der Waals surface area contributed by atoms with E-state index in [1.165, 1.54) is 18.2 Å². The summed E-state index contributed by atoms with van der Waals surface area (Å²) in [5, 5.41) is 0. The molecule has 0 unspecified atom stereocenters. The molecule has 1 rings (SSSR count). The Kier molecular flexibility index (Phi) is 4.99. The standard InChI is InChI=1S/C14H13F3O2/c1-3-6-10(2)19-13(18)9-11-7-4-5-8-12(11)14(15,16)17/h1,4-5,7-8,10H,6,9H2,2H3/t10-/m0/s1. The van der Waals surface area contributed by atoms with Crippen LogP contribution in [-0.2, 0) is 22.1 Å². The summed E-state index contributed by atoms with van der Waals surface area (Å²) in [7, 11) is 0. The second kappa shape index (κ2) is 6.28. The Bertz CT molecular complexity index is 486. The maximum Gasteiger partial charge on any atom is 0.416 e. The lowest BCUT2D eigenvalue weighted by Crippen LogP contribution is -2.18. The third-order valence-corrected chi connectivity index (χ3v) is 2.40. The Morgan fingerprint density at radius 2 is 2.05 bits per heavy atom. The Morgan fingerprint density at radius 1 is 1.42 bits per heavy atom. The van der Waals surface area contributed by atoms with Crippen LogP contribution in [0.25, 0.3) is 0 Å². The van der Waals surface area contributed by atoms with Gasteiger partial charge >= 0.3 is 12.1 Å². The zero-order valence-corrected chi connectivity index (χ0v) is 10.3. The van der Waals surface area contributed by atoms with Crippen LogP contribution >= 0.6 is 0 Å². The molecule has 2 nitrogen and oxygen atoms in total. The lowest BCUT2D eigenvalue weighted by atomic mass is 10.0. The van der Waals surface area contributed by atoms with E-state index in [1.54, 1.807) is 6.92 Å². The van der Waals surface area contributed by atoms with E-state index in [0.29, 0.717) is 0 Å². The van der Waals surface area contributed by atoms with Crippen LogP contribution in [-0.4, -0.2) is 12.1 Å². The molecule has 0 aliphatic carbocycles. The molecule has 0 N–H and O–H groups in total. The number of esters is 1. The first-order valence-electron chi connectivity index (χ1n) is 5.62. The molecule has 19 heavy (non-hydrogen) atoms. The summed E-state index contributed by atoms with van der Waals surface area (Å²) in [6.45, 7) is 1.59. The summed E-state index contributed by atoms with van der Waals surface area (Å²) in [6, 6.07) is 4.92. The van der Waals surface area contributed by atoms with Gasteiger partial charge in [0.2, 0.25) is 0 Å². The lowest BCUT2D eigenvalue weighted by molar-refractivity contribution is -0.147. The summed E-state index contributed by atoms with van der Waals surface area (Å²) in [4.78, 5) is 11.5. The van der Waals surface area contributed by atoms with Crippen LogP contribution in [0.15, 0.2) is 24.3 Å². The van der Waals surface area contributed by atoms with Gasteiger partial charge in [-0.1, -0.05) is 18.2 Å². The van der Waals surface area contributed by atoms with Gasteiger partial charge in [0.05, 0.1) is 12.0 Å². The van der Waals surface area contributed by atoms with Gasteiger partial charge in [0.25, 0.3) is 0 Å². The number of ether oxygens (including phenoxy) is 1. The van der Waals surface area contributed by atoms with Gasteiger partial charge in [-0.15, -0.1) is 12.3 Å². The number of hydrogen-bond acceptors (Lipinski definition) is 2. The topological polar surface area (TPSA) is 26.3 Å². The van der Waals surface area contributed by atoms with Crippen molar-refractivity contribution >= 4 is 5.97 Å². The van der Waals surface area contributed by atoms with Gasteiger partial charge < -0.3 is 4.74 Å². The molecule has 0 aromatic heterocycles. The van der Waals surface area contributed by atoms with E-state index in [-0.39, 0.29) is 12.0 Å². The van der Waals surface area contributed by atoms with Gasteiger partial charge in [-0.25, -0.2) is 0 Å². The zero-order valence-electron chi connectivity index (χ0n) is 10.3. The van der Waals surface area contributed by atoms with E-state index in [4.69, 9.17) is 11.2 Å². The van der Waals surface area contributed by atoms with E-state index >= 15 is 0 Å². The fourth-order valence-electron chi connectivity index (χ4n) is 1.58. The molecule has 102 valence electrons. The van der Waals surface area contributed by atoms with Crippen LogP contribution in [0.5, 0.6) is 0 Å². The van der Waals surface area contributed by atoms with E-state index in [2.05, 4.69) is 5.92 Å². The monoisotopic (exact) mass is 270 g/mol. The Hall–Kier alpha value is -1.96. The predicted octanol–water partition coefficient (Wildman–Crippen LogP) is 3.20. The summed E-state index contributed by atoms with van der Waals surface area (Å²) in [6.07, 6.45) is -0.137. The van der Waals surface area contributed by atoms with E-state index in [0.717, 1.165) is 6.07 Å². The van der Waals surface area contributed by atoms with Crippen LogP contribution in [0.1, 0.15) is 24.5 Å². The number of terminal acetylenes is 1. The summed E-state index contributed by atoms with van der Waals surface area (Å²) >= 11 is 0. The number of carbonyl (C=O) groups is 1. The Morgan fingerprint density at radius 3 is 2.63 bits per heavy atom. The maximum absolute atomic E-state index is 12.7. The highest BCUT2D eigenvalue weighted by atomic mass is 19.4. The summed E-state index contributed by atoms with van der Waals surface area (Å²) in [5.74, 6) is 1.59. The number of benzene rings is 1. The first-order chi connectivity index (χ1) is 8.84. The summed E-state index contributed by atoms with van der Waals surface area (Å²) in [5.41, 5.74) is -0.926. The molecule has 0 bridgehead atoms. The molecule has 0 fully saturated rings. The van der Waals surface area contributed by atoms with Crippen molar-refractivity contribution < 1.29 is 22.7 Å². The largest absolute Gasteiger partial charge is 0.461 e. The molecule has 0 heterocycles. The molecule has 0 spiro atoms. The van der Waals surface area contributed by atoms with Gasteiger partial charge in [0.15, 0.2) is 0 Å². The van der Waals surface area contributed by atoms with E-state index in [9.17, 15) is 18.0 Å². The molecule has 0 amide bonds. The molecule has 1 atom stereocenters. The molecule has 5 heteroatoms. The molecular weight excluding hydrogens is 257 g/mol. The van der Waals surface area contributed by atoms with Gasteiger partial charge in [-0.2, -0.15) is 13.2 Å². The minimum absolute atomic E-state index is 0.104. The van der Waals surface area contributed by atoms with Gasteiger partial charge in [0.1, 0.15) is 6.10 Å². The van der Waals surface area contributed by atoms with Crippen molar-refractivity contribution in [3.63, 3.8) is 0 Å². The van der Waals surface area contributed by atoms with Crippen molar-refractivity contribution in [3.05, 3.63) is 35.4 Å². The first kappa shape index (κ1) is 15.1. The molecule has 0 saturated carbocycles. The van der Waals surface area contributed by atoms with Crippen molar-refractivity contribution in [2.24, 2.45) is 0 Å². The number of alkyl halides is 3. The van der Waals surface area contributed by atoms with Crippen molar-refractivity contribution in [3.8, 4) is 12.3 Å². The molecule has 0 radical (unpaired) electrons. The van der Waals surface area contributed by atoms with E-state index < -0.39 is 30.2 Å². The Balaban J connectivity index is 2.78. The van der Waals surface area contributed by atoms with Crippen molar-refractivity contribution in [1.29, 1.82) is 0 Å². The number of carbonyl (C=O) groups excluding carboxylic acids is 1. The average Bonchev–Trinajstić information content (AvgIpc) is 2.28. The minimum atomic E-state index is -4.48. The highest BCUT2D eigenvalue weighted by molar-refractivity contribution is 5.73. The molecule has 1 aromatic carbocycles. The number of hydrogen-bond donors (Lipinski definition) is 0. The normalized spacial score (nSPS) is 12.6. The Labute approximate surface area is 109 Å². The first-order valence-corrected chi connectivity index (χ1v) is 5.62. The highest BCUT2D eigenvalue weighted by Gasteiger charge is 2.33. The van der Waals surface area contributed by atoms with Crippen LogP contribution in [0.4, 0.5) is 13.2 Å². The molecule has 0 aliphatic rings. The highest BCUT2D eigenvalue weighted by Crippen LogP contribution is 2.32. The lowest BCUT2D eigenvalue weighted by Gasteiger charge is -2.14. The predicted molar refractivity (Wildman–Crippen MR) is 64.2 cm³/mol. The molecule has 0 saturated heterocycles. The fraction of sp³-hybridized carbons (Fsp3) is 0.357. The fourth-order valence-corrected chi connectivity index (χ4v) is 1.58. The van der Waals surface area contributed by atoms with Gasteiger partial charge in [-0.05, 0) is 18.6 Å². The van der Waals surface area contributed by atoms with Crippen LogP contribution in [0.2, 0.25) is 0 Å². The van der Waals surface area contributed by atoms with Gasteiger partial charge in [0, 0.05) is 6.42 Å². The second-order valence-electron chi connectivity index (χ2n) is 4.04. The van der Waals surface area contributed by atoms with Crippen molar-refractivity contribution in [2.45, 2.75) is 32.0 Å². The van der Waals surface area contributed by atoms with Crippen molar-refractivity contribution in [1.82, 2.24) is 0 Å².